The predicted octanol–water partition coefficient (Wildman–Crippen LogP) is 1.91. The summed E-state index contributed by atoms with van der Waals surface area (Å²) in [7, 11) is 1.44. The molecule has 0 radical (unpaired) electrons. The molecule has 0 saturated carbocycles. The van der Waals surface area contributed by atoms with Crippen molar-refractivity contribution in [1.29, 1.82) is 0 Å². The number of rotatable bonds is 4. The Morgan fingerprint density at radius 2 is 2.38 bits per heavy atom. The van der Waals surface area contributed by atoms with Crippen molar-refractivity contribution in [3.8, 4) is 11.5 Å². The molecule has 0 fully saturated rings. The summed E-state index contributed by atoms with van der Waals surface area (Å²) < 4.78 is 31.1. The first-order chi connectivity index (χ1) is 7.46. The van der Waals surface area contributed by atoms with Crippen molar-refractivity contribution in [3.63, 3.8) is 0 Å². The van der Waals surface area contributed by atoms with Crippen LogP contribution in [0.3, 0.4) is 0 Å². The topological polar surface area (TPSA) is 35.5 Å². The molecule has 1 rings (SSSR count). The summed E-state index contributed by atoms with van der Waals surface area (Å²) in [6.45, 7) is -2.60. The molecule has 3 heteroatoms. The Kier molecular flexibility index (Phi) is 2.08. The van der Waals surface area contributed by atoms with Crippen molar-refractivity contribution in [2.75, 3.05) is 13.7 Å². The Bertz CT molecular complexity index is 374. The van der Waals surface area contributed by atoms with Gasteiger partial charge in [0.25, 0.3) is 0 Å². The first kappa shape index (κ1) is 6.02. The predicted molar refractivity (Wildman–Crippen MR) is 49.6 cm³/mol. The number of ether oxygens (including phenoxy) is 2. The molecular weight excluding hydrogens is 168 g/mol. The Morgan fingerprint density at radius 1 is 1.54 bits per heavy atom. The van der Waals surface area contributed by atoms with Crippen LogP contribution in [0.2, 0.25) is 0 Å². The standard InChI is InChI=1S/C10H12O3/c1-3-13-10-6-8(7-11)4-5-9(10)12-2/h4-7H,3H2,1-2H3/i1D3. The van der Waals surface area contributed by atoms with E-state index in [2.05, 4.69) is 0 Å². The molecular formula is C10H12O3. The summed E-state index contributed by atoms with van der Waals surface area (Å²) in [6, 6.07) is 4.56. The average molecular weight is 183 g/mol. The maximum absolute atomic E-state index is 10.6. The summed E-state index contributed by atoms with van der Waals surface area (Å²) in [5.74, 6) is 0.651. The van der Waals surface area contributed by atoms with Gasteiger partial charge in [0, 0.05) is 9.68 Å². The van der Waals surface area contributed by atoms with Gasteiger partial charge >= 0.3 is 0 Å². The Balaban J connectivity index is 2.87. The summed E-state index contributed by atoms with van der Waals surface area (Å²) in [5.41, 5.74) is 0.404. The molecule has 0 saturated heterocycles. The highest BCUT2D eigenvalue weighted by molar-refractivity contribution is 5.76. The number of benzene rings is 1. The lowest BCUT2D eigenvalue weighted by Gasteiger charge is -2.08. The molecule has 0 aliphatic heterocycles. The van der Waals surface area contributed by atoms with Crippen molar-refractivity contribution in [2.45, 2.75) is 6.85 Å². The minimum absolute atomic E-state index is 0.253. The molecule has 0 aliphatic rings. The van der Waals surface area contributed by atoms with Gasteiger partial charge < -0.3 is 9.47 Å². The first-order valence-electron chi connectivity index (χ1n) is 5.22. The van der Waals surface area contributed by atoms with Crippen LogP contribution in [0.4, 0.5) is 0 Å². The number of hydrogen-bond acceptors (Lipinski definition) is 3. The zero-order valence-corrected chi connectivity index (χ0v) is 7.24. The van der Waals surface area contributed by atoms with Crippen molar-refractivity contribution in [3.05, 3.63) is 23.8 Å². The third-order valence-electron chi connectivity index (χ3n) is 1.55. The van der Waals surface area contributed by atoms with E-state index in [0.29, 0.717) is 17.6 Å². The van der Waals surface area contributed by atoms with Gasteiger partial charge in [-0.05, 0) is 25.1 Å². The van der Waals surface area contributed by atoms with Gasteiger partial charge in [0.2, 0.25) is 0 Å². The highest BCUT2D eigenvalue weighted by Gasteiger charge is 2.03. The highest BCUT2D eigenvalue weighted by Crippen LogP contribution is 2.27. The maximum atomic E-state index is 10.6. The average Bonchev–Trinajstić information content (AvgIpc) is 2.25. The Hall–Kier alpha value is -1.51. The normalized spacial score (nSPS) is 13.8. The summed E-state index contributed by atoms with van der Waals surface area (Å²) >= 11 is 0. The van der Waals surface area contributed by atoms with E-state index in [9.17, 15) is 4.79 Å². The van der Waals surface area contributed by atoms with Crippen LogP contribution >= 0.6 is 0 Å². The van der Waals surface area contributed by atoms with Crippen molar-refractivity contribution >= 4 is 6.29 Å². The van der Waals surface area contributed by atoms with E-state index in [1.165, 1.54) is 13.2 Å². The molecule has 0 N–H and O–H groups in total. The van der Waals surface area contributed by atoms with Crippen LogP contribution in [-0.4, -0.2) is 20.0 Å². The molecule has 1 aromatic rings. The van der Waals surface area contributed by atoms with Crippen LogP contribution in [0.5, 0.6) is 11.5 Å². The van der Waals surface area contributed by atoms with Gasteiger partial charge in [-0.15, -0.1) is 0 Å². The molecule has 0 unspecified atom stereocenters. The maximum Gasteiger partial charge on any atom is 0.161 e. The number of carbonyl (C=O) groups is 1. The first-order valence-corrected chi connectivity index (χ1v) is 3.72. The van der Waals surface area contributed by atoms with E-state index in [-0.39, 0.29) is 5.75 Å². The smallest absolute Gasteiger partial charge is 0.161 e. The lowest BCUT2D eigenvalue weighted by Crippen LogP contribution is -1.96. The number of methoxy groups -OCH3 is 1. The van der Waals surface area contributed by atoms with E-state index in [1.54, 1.807) is 12.1 Å². The van der Waals surface area contributed by atoms with Gasteiger partial charge in [-0.3, -0.25) is 4.79 Å². The lowest BCUT2D eigenvalue weighted by atomic mass is 10.2. The lowest BCUT2D eigenvalue weighted by molar-refractivity contribution is 0.112. The van der Waals surface area contributed by atoms with E-state index >= 15 is 0 Å². The van der Waals surface area contributed by atoms with E-state index in [1.807, 2.05) is 0 Å². The van der Waals surface area contributed by atoms with Crippen LogP contribution in [0.1, 0.15) is 21.3 Å². The fraction of sp³-hybridized carbons (Fsp3) is 0.300. The van der Waals surface area contributed by atoms with E-state index in [0.717, 1.165) is 0 Å². The molecule has 0 aromatic heterocycles. The minimum Gasteiger partial charge on any atom is -0.493 e. The van der Waals surface area contributed by atoms with Gasteiger partial charge in [0.15, 0.2) is 11.5 Å². The molecule has 0 heterocycles. The number of hydrogen-bond donors (Lipinski definition) is 0. The van der Waals surface area contributed by atoms with Crippen LogP contribution in [0, 0.1) is 0 Å². The highest BCUT2D eigenvalue weighted by atomic mass is 16.5. The number of carbonyl (C=O) groups excluding carboxylic acids is 1. The molecule has 0 amide bonds. The third kappa shape index (κ3) is 2.21. The molecule has 0 atom stereocenters. The van der Waals surface area contributed by atoms with Crippen molar-refractivity contribution < 1.29 is 18.4 Å². The largest absolute Gasteiger partial charge is 0.493 e. The van der Waals surface area contributed by atoms with Crippen LogP contribution in [0.15, 0.2) is 18.2 Å². The SMILES string of the molecule is [2H]C([2H])([2H])COc1cc(C=O)ccc1OC. The molecule has 0 bridgehead atoms. The summed E-state index contributed by atoms with van der Waals surface area (Å²) in [4.78, 5) is 10.6. The summed E-state index contributed by atoms with van der Waals surface area (Å²) in [6.07, 6.45) is 0.654. The van der Waals surface area contributed by atoms with Crippen molar-refractivity contribution in [2.24, 2.45) is 0 Å². The molecule has 70 valence electrons. The van der Waals surface area contributed by atoms with Gasteiger partial charge in [-0.25, -0.2) is 0 Å². The number of aldehydes is 1. The summed E-state index contributed by atoms with van der Waals surface area (Å²) in [5, 5.41) is 0. The molecule has 3 nitrogen and oxygen atoms in total. The monoisotopic (exact) mass is 183 g/mol. The third-order valence-corrected chi connectivity index (χ3v) is 1.55. The Labute approximate surface area is 81.5 Å². The fourth-order valence-electron chi connectivity index (χ4n) is 0.957. The minimum atomic E-state index is -2.18. The fourth-order valence-corrected chi connectivity index (χ4v) is 0.957. The van der Waals surface area contributed by atoms with Gasteiger partial charge in [-0.1, -0.05) is 0 Å². The molecule has 13 heavy (non-hydrogen) atoms. The second-order valence-corrected chi connectivity index (χ2v) is 2.32. The van der Waals surface area contributed by atoms with Gasteiger partial charge in [-0.2, -0.15) is 0 Å². The second-order valence-electron chi connectivity index (χ2n) is 2.32. The van der Waals surface area contributed by atoms with Crippen LogP contribution < -0.4 is 9.47 Å². The second kappa shape index (κ2) is 4.50. The van der Waals surface area contributed by atoms with Crippen LogP contribution in [0.25, 0.3) is 0 Å². The van der Waals surface area contributed by atoms with E-state index in [4.69, 9.17) is 13.6 Å². The quantitative estimate of drug-likeness (QED) is 0.669. The van der Waals surface area contributed by atoms with Crippen LogP contribution in [-0.2, 0) is 0 Å². The molecule has 1 aromatic carbocycles. The van der Waals surface area contributed by atoms with E-state index < -0.39 is 13.5 Å². The molecule has 0 aliphatic carbocycles. The van der Waals surface area contributed by atoms with Gasteiger partial charge in [0.05, 0.1) is 13.7 Å². The van der Waals surface area contributed by atoms with Gasteiger partial charge in [0.1, 0.15) is 6.29 Å². The zero-order valence-electron chi connectivity index (χ0n) is 10.2. The Morgan fingerprint density at radius 3 is 3.00 bits per heavy atom. The van der Waals surface area contributed by atoms with Crippen molar-refractivity contribution in [1.82, 2.24) is 0 Å². The zero-order chi connectivity index (χ0) is 12.2. The molecule has 0 spiro atoms.